The molecule has 3 aromatic carbocycles. The number of halogens is 3. The number of hydrogen-bond acceptors (Lipinski definition) is 4. The largest absolute Gasteiger partial charge is 0.416 e. The minimum Gasteiger partial charge on any atom is -0.338 e. The summed E-state index contributed by atoms with van der Waals surface area (Å²) < 4.78 is 40.7. The molecule has 0 aromatic heterocycles. The van der Waals surface area contributed by atoms with Crippen LogP contribution in [0.15, 0.2) is 78.9 Å². The van der Waals surface area contributed by atoms with E-state index in [9.17, 15) is 28.1 Å². The Balaban J connectivity index is 1.66. The zero-order valence-electron chi connectivity index (χ0n) is 22.0. The fourth-order valence-electron chi connectivity index (χ4n) is 5.39. The summed E-state index contributed by atoms with van der Waals surface area (Å²) in [6.07, 6.45) is -4.47. The van der Waals surface area contributed by atoms with E-state index in [1.54, 1.807) is 53.4 Å². The normalized spacial score (nSPS) is 17.9. The predicted octanol–water partition coefficient (Wildman–Crippen LogP) is 6.63. The van der Waals surface area contributed by atoms with E-state index in [1.165, 1.54) is 18.2 Å². The maximum Gasteiger partial charge on any atom is 0.416 e. The molecule has 39 heavy (non-hydrogen) atoms. The first-order valence-electron chi connectivity index (χ1n) is 13.0. The van der Waals surface area contributed by atoms with E-state index in [0.717, 1.165) is 6.07 Å². The topological polar surface area (TPSA) is 66.7 Å². The van der Waals surface area contributed by atoms with Gasteiger partial charge in [0.25, 0.3) is 11.6 Å². The Morgan fingerprint density at radius 3 is 2.38 bits per heavy atom. The summed E-state index contributed by atoms with van der Waals surface area (Å²) in [5.41, 5.74) is 0.956. The molecule has 0 unspecified atom stereocenters. The van der Waals surface area contributed by atoms with Crippen LogP contribution in [0.4, 0.5) is 18.9 Å². The lowest BCUT2D eigenvalue weighted by molar-refractivity contribution is -0.385. The number of para-hydroxylation sites is 1. The van der Waals surface area contributed by atoms with Gasteiger partial charge < -0.3 is 4.90 Å². The Hall–Kier alpha value is -3.72. The van der Waals surface area contributed by atoms with Crippen molar-refractivity contribution in [2.24, 2.45) is 11.8 Å². The minimum absolute atomic E-state index is 0.0114. The zero-order valence-corrected chi connectivity index (χ0v) is 22.0. The van der Waals surface area contributed by atoms with E-state index >= 15 is 0 Å². The zero-order chi connectivity index (χ0) is 28.2. The first kappa shape index (κ1) is 28.3. The monoisotopic (exact) mass is 539 g/mol. The molecule has 1 aliphatic rings. The molecule has 1 fully saturated rings. The maximum atomic E-state index is 13.6. The van der Waals surface area contributed by atoms with Crippen LogP contribution < -0.4 is 0 Å². The van der Waals surface area contributed by atoms with Gasteiger partial charge in [0.15, 0.2) is 0 Å². The molecule has 3 aromatic rings. The Labute approximate surface area is 226 Å². The van der Waals surface area contributed by atoms with Crippen molar-refractivity contribution in [2.75, 3.05) is 26.2 Å². The highest BCUT2D eigenvalue weighted by molar-refractivity contribution is 5.94. The van der Waals surface area contributed by atoms with E-state index in [0.29, 0.717) is 49.4 Å². The highest BCUT2D eigenvalue weighted by Crippen LogP contribution is 2.38. The smallest absolute Gasteiger partial charge is 0.338 e. The number of nitrogens with zero attached hydrogens (tertiary/aromatic N) is 3. The number of carbonyl (C=O) groups is 1. The molecular weight excluding hydrogens is 507 g/mol. The summed E-state index contributed by atoms with van der Waals surface area (Å²) in [6.45, 7) is 6.11. The predicted molar refractivity (Wildman–Crippen MR) is 143 cm³/mol. The van der Waals surface area contributed by atoms with E-state index < -0.39 is 16.7 Å². The van der Waals surface area contributed by atoms with Crippen molar-refractivity contribution >= 4 is 11.6 Å². The second kappa shape index (κ2) is 12.0. The van der Waals surface area contributed by atoms with Crippen LogP contribution >= 0.6 is 0 Å². The lowest BCUT2D eigenvalue weighted by Gasteiger charge is -2.30. The number of nitro benzene ring substituents is 1. The number of rotatable bonds is 9. The fraction of sp³-hybridized carbons (Fsp3) is 0.367. The number of benzene rings is 3. The van der Waals surface area contributed by atoms with Crippen LogP contribution in [0.2, 0.25) is 0 Å². The highest BCUT2D eigenvalue weighted by Gasteiger charge is 2.38. The molecule has 206 valence electrons. The Bertz CT molecular complexity index is 1300. The lowest BCUT2D eigenvalue weighted by Crippen LogP contribution is -2.39. The van der Waals surface area contributed by atoms with E-state index in [1.807, 2.05) is 24.8 Å². The van der Waals surface area contributed by atoms with Crippen molar-refractivity contribution in [2.45, 2.75) is 32.5 Å². The van der Waals surface area contributed by atoms with Gasteiger partial charge in [-0.1, -0.05) is 68.4 Å². The number of nitro groups is 1. The number of hydrogen-bond donors (Lipinski definition) is 0. The molecular formula is C30H32F3N3O3. The molecule has 0 N–H and O–H groups in total. The molecule has 0 radical (unpaired) electrons. The molecule has 1 aliphatic heterocycles. The third-order valence-electron chi connectivity index (χ3n) is 7.09. The van der Waals surface area contributed by atoms with Crippen molar-refractivity contribution in [1.82, 2.24) is 9.80 Å². The molecule has 6 nitrogen and oxygen atoms in total. The number of amides is 1. The van der Waals surface area contributed by atoms with E-state index in [2.05, 4.69) is 0 Å². The Kier molecular flexibility index (Phi) is 8.70. The van der Waals surface area contributed by atoms with Crippen molar-refractivity contribution in [3.05, 3.63) is 111 Å². The third kappa shape index (κ3) is 7.03. The number of alkyl halides is 3. The van der Waals surface area contributed by atoms with Crippen LogP contribution in [0.1, 0.15) is 46.8 Å². The summed E-state index contributed by atoms with van der Waals surface area (Å²) in [4.78, 5) is 28.5. The maximum absolute atomic E-state index is 13.6. The summed E-state index contributed by atoms with van der Waals surface area (Å²) in [5.74, 6) is -0.380. The molecule has 0 bridgehead atoms. The first-order valence-corrected chi connectivity index (χ1v) is 13.0. The van der Waals surface area contributed by atoms with Gasteiger partial charge >= 0.3 is 6.18 Å². The van der Waals surface area contributed by atoms with Crippen molar-refractivity contribution in [3.63, 3.8) is 0 Å². The summed E-state index contributed by atoms with van der Waals surface area (Å²) in [6, 6.07) is 20.8. The van der Waals surface area contributed by atoms with Gasteiger partial charge in [-0.05, 0) is 35.6 Å². The molecule has 0 spiro atoms. The van der Waals surface area contributed by atoms with Gasteiger partial charge in [0, 0.05) is 55.8 Å². The number of carbonyl (C=O) groups excluding carboxylic acids is 1. The summed E-state index contributed by atoms with van der Waals surface area (Å²) in [5, 5.41) is 11.6. The molecule has 1 saturated heterocycles. The van der Waals surface area contributed by atoms with Gasteiger partial charge in [-0.3, -0.25) is 19.8 Å². The van der Waals surface area contributed by atoms with Crippen molar-refractivity contribution in [1.29, 1.82) is 0 Å². The van der Waals surface area contributed by atoms with Crippen LogP contribution in [0.3, 0.4) is 0 Å². The van der Waals surface area contributed by atoms with E-state index in [-0.39, 0.29) is 29.3 Å². The molecule has 1 amide bonds. The summed E-state index contributed by atoms with van der Waals surface area (Å²) in [7, 11) is 0. The summed E-state index contributed by atoms with van der Waals surface area (Å²) >= 11 is 0. The molecule has 2 atom stereocenters. The van der Waals surface area contributed by atoms with Crippen LogP contribution in [0.25, 0.3) is 0 Å². The first-order chi connectivity index (χ1) is 18.5. The second-order valence-corrected chi connectivity index (χ2v) is 10.5. The quantitative estimate of drug-likeness (QED) is 0.226. The molecule has 0 aliphatic carbocycles. The standard InChI is InChI=1S/C30H32F3N3O3/c1-21(2)16-35(29(37)22-9-4-3-5-10-22)19-25-18-34(17-24-11-6-7-14-28(24)36(38)39)20-27(25)23-12-8-13-26(15-23)30(31,32)33/h3-15,21,25,27H,16-20H2,1-2H3/t25-,27+/m0/s1. The van der Waals surface area contributed by atoms with Gasteiger partial charge in [0.2, 0.25) is 0 Å². The second-order valence-electron chi connectivity index (χ2n) is 10.5. The third-order valence-corrected chi connectivity index (χ3v) is 7.09. The average molecular weight is 540 g/mol. The van der Waals surface area contributed by atoms with Crippen molar-refractivity contribution in [3.8, 4) is 0 Å². The molecule has 0 saturated carbocycles. The van der Waals surface area contributed by atoms with E-state index in [4.69, 9.17) is 0 Å². The van der Waals surface area contributed by atoms with Gasteiger partial charge in [0.05, 0.1) is 10.5 Å². The molecule has 1 heterocycles. The highest BCUT2D eigenvalue weighted by atomic mass is 19.4. The van der Waals surface area contributed by atoms with Gasteiger partial charge in [-0.25, -0.2) is 0 Å². The van der Waals surface area contributed by atoms with Crippen molar-refractivity contribution < 1.29 is 22.9 Å². The van der Waals surface area contributed by atoms with Crippen LogP contribution in [0, 0.1) is 22.0 Å². The molecule has 4 rings (SSSR count). The van der Waals surface area contributed by atoms with Crippen LogP contribution in [-0.4, -0.2) is 46.8 Å². The Morgan fingerprint density at radius 2 is 1.72 bits per heavy atom. The van der Waals surface area contributed by atoms with Crippen LogP contribution in [-0.2, 0) is 12.7 Å². The lowest BCUT2D eigenvalue weighted by atomic mass is 9.87. The molecule has 9 heteroatoms. The van der Waals surface area contributed by atoms with Gasteiger partial charge in [-0.15, -0.1) is 0 Å². The SMILES string of the molecule is CC(C)CN(C[C@@H]1CN(Cc2ccccc2[N+](=O)[O-])C[C@@H]1c1cccc(C(F)(F)F)c1)C(=O)c1ccccc1. The minimum atomic E-state index is -4.47. The van der Waals surface area contributed by atoms with Crippen LogP contribution in [0.5, 0.6) is 0 Å². The van der Waals surface area contributed by atoms with Gasteiger partial charge in [0.1, 0.15) is 0 Å². The van der Waals surface area contributed by atoms with Gasteiger partial charge in [-0.2, -0.15) is 13.2 Å². The Morgan fingerprint density at radius 1 is 1.03 bits per heavy atom. The number of likely N-dealkylation sites (tertiary alicyclic amines) is 1. The fourth-order valence-corrected chi connectivity index (χ4v) is 5.39. The average Bonchev–Trinajstić information content (AvgIpc) is 3.30.